The molecular formula is C18H26N2O4. The van der Waals surface area contributed by atoms with Gasteiger partial charge < -0.3 is 14.6 Å². The van der Waals surface area contributed by atoms with Crippen molar-refractivity contribution < 1.29 is 19.1 Å². The second-order valence-corrected chi connectivity index (χ2v) is 6.41. The number of esters is 1. The maximum Gasteiger partial charge on any atom is 0.354 e. The highest BCUT2D eigenvalue weighted by Gasteiger charge is 2.35. The Morgan fingerprint density at radius 2 is 1.92 bits per heavy atom. The molecule has 1 fully saturated rings. The van der Waals surface area contributed by atoms with Crippen molar-refractivity contribution in [1.29, 1.82) is 0 Å². The van der Waals surface area contributed by atoms with Crippen LogP contribution in [0.15, 0.2) is 0 Å². The number of H-pyrrole nitrogens is 1. The van der Waals surface area contributed by atoms with Crippen LogP contribution in [0.1, 0.15) is 65.2 Å². The molecule has 0 unspecified atom stereocenters. The molecule has 1 atom stereocenters. The average molecular weight is 334 g/mol. The van der Waals surface area contributed by atoms with Gasteiger partial charge in [0.2, 0.25) is 5.91 Å². The van der Waals surface area contributed by atoms with E-state index in [-0.39, 0.29) is 17.6 Å². The summed E-state index contributed by atoms with van der Waals surface area (Å²) >= 11 is 0. The van der Waals surface area contributed by atoms with Crippen molar-refractivity contribution in [2.75, 3.05) is 13.7 Å². The van der Waals surface area contributed by atoms with Gasteiger partial charge in [0.25, 0.3) is 0 Å². The molecule has 1 N–H and O–H groups in total. The maximum atomic E-state index is 13.0. The monoisotopic (exact) mass is 334 g/mol. The zero-order chi connectivity index (χ0) is 18.0. The van der Waals surface area contributed by atoms with Crippen LogP contribution >= 0.6 is 0 Å². The molecular weight excluding hydrogens is 308 g/mol. The molecule has 24 heavy (non-hydrogen) atoms. The number of aromatic nitrogens is 1. The number of carbonyl (C=O) groups excluding carboxylic acids is 3. The van der Waals surface area contributed by atoms with E-state index in [0.717, 1.165) is 19.3 Å². The summed E-state index contributed by atoms with van der Waals surface area (Å²) in [7, 11) is 1.30. The summed E-state index contributed by atoms with van der Waals surface area (Å²) < 4.78 is 4.74. The Hall–Kier alpha value is -2.11. The van der Waals surface area contributed by atoms with Crippen LogP contribution in [0.3, 0.4) is 0 Å². The number of aromatic amines is 1. The number of rotatable bonds is 6. The molecule has 1 aliphatic rings. The van der Waals surface area contributed by atoms with Crippen LogP contribution < -0.4 is 0 Å². The van der Waals surface area contributed by atoms with Crippen LogP contribution in [0.4, 0.5) is 0 Å². The molecule has 0 bridgehead atoms. The van der Waals surface area contributed by atoms with E-state index in [4.69, 9.17) is 4.74 Å². The third-order valence-corrected chi connectivity index (χ3v) is 5.00. The van der Waals surface area contributed by atoms with Crippen molar-refractivity contribution in [2.24, 2.45) is 5.92 Å². The molecule has 132 valence electrons. The van der Waals surface area contributed by atoms with Crippen molar-refractivity contribution in [3.63, 3.8) is 0 Å². The molecule has 0 aromatic carbocycles. The quantitative estimate of drug-likeness (QED) is 0.641. The predicted octanol–water partition coefficient (Wildman–Crippen LogP) is 2.64. The molecule has 6 nitrogen and oxygen atoms in total. The highest BCUT2D eigenvalue weighted by Crippen LogP contribution is 2.30. The first-order valence-electron chi connectivity index (χ1n) is 8.45. The van der Waals surface area contributed by atoms with Crippen molar-refractivity contribution in [3.8, 4) is 0 Å². The first-order valence-corrected chi connectivity index (χ1v) is 8.45. The van der Waals surface area contributed by atoms with Gasteiger partial charge in [-0.25, -0.2) is 4.79 Å². The Morgan fingerprint density at radius 3 is 2.38 bits per heavy atom. The van der Waals surface area contributed by atoms with E-state index < -0.39 is 12.0 Å². The minimum absolute atomic E-state index is 0.0549. The average Bonchev–Trinajstić information content (AvgIpc) is 2.79. The van der Waals surface area contributed by atoms with Crippen LogP contribution in [-0.2, 0) is 9.53 Å². The summed E-state index contributed by atoms with van der Waals surface area (Å²) in [5.41, 5.74) is 1.96. The van der Waals surface area contributed by atoms with Crippen molar-refractivity contribution in [1.82, 2.24) is 9.88 Å². The van der Waals surface area contributed by atoms with Crippen molar-refractivity contribution in [3.05, 3.63) is 22.5 Å². The Morgan fingerprint density at radius 1 is 1.29 bits per heavy atom. The summed E-state index contributed by atoms with van der Waals surface area (Å²) in [6.07, 6.45) is 2.89. The highest BCUT2D eigenvalue weighted by atomic mass is 16.5. The van der Waals surface area contributed by atoms with Gasteiger partial charge in [0.05, 0.1) is 13.2 Å². The number of nitrogens with zero attached hydrogens (tertiary/aromatic N) is 1. The van der Waals surface area contributed by atoms with Crippen molar-refractivity contribution in [2.45, 2.75) is 53.0 Å². The minimum atomic E-state index is -0.554. The number of hydrogen-bond acceptors (Lipinski definition) is 4. The topological polar surface area (TPSA) is 79.5 Å². The fourth-order valence-corrected chi connectivity index (χ4v) is 3.29. The van der Waals surface area contributed by atoms with Gasteiger partial charge in [-0.05, 0) is 46.1 Å². The zero-order valence-corrected chi connectivity index (χ0v) is 15.1. The molecule has 1 heterocycles. The number of carbonyl (C=O) groups is 3. The summed E-state index contributed by atoms with van der Waals surface area (Å²) in [5, 5.41) is 0. The Labute approximate surface area is 142 Å². The summed E-state index contributed by atoms with van der Waals surface area (Å²) in [4.78, 5) is 41.9. The lowest BCUT2D eigenvalue weighted by molar-refractivity contribution is -0.139. The number of amides is 1. The Kier molecular flexibility index (Phi) is 5.47. The summed E-state index contributed by atoms with van der Waals surface area (Å²) in [6, 6.07) is -0.554. The van der Waals surface area contributed by atoms with Gasteiger partial charge in [-0.15, -0.1) is 0 Å². The third-order valence-electron chi connectivity index (χ3n) is 5.00. The number of likely N-dealkylation sites (N-methyl/N-ethyl adjacent to an activating group) is 1. The van der Waals surface area contributed by atoms with Gasteiger partial charge in [0.1, 0.15) is 5.69 Å². The second-order valence-electron chi connectivity index (χ2n) is 6.41. The first kappa shape index (κ1) is 18.2. The lowest BCUT2D eigenvalue weighted by Gasteiger charge is -2.34. The molecule has 1 aromatic rings. The second kappa shape index (κ2) is 7.20. The summed E-state index contributed by atoms with van der Waals surface area (Å²) in [6.45, 7) is 7.61. The van der Waals surface area contributed by atoms with E-state index in [1.807, 2.05) is 6.92 Å². The molecule has 0 aliphatic heterocycles. The maximum absolute atomic E-state index is 13.0. The molecule has 1 aliphatic carbocycles. The number of hydrogen-bond donors (Lipinski definition) is 1. The fourth-order valence-electron chi connectivity index (χ4n) is 3.29. The van der Waals surface area contributed by atoms with Gasteiger partial charge >= 0.3 is 5.97 Å². The van der Waals surface area contributed by atoms with E-state index in [0.29, 0.717) is 29.1 Å². The molecule has 1 amide bonds. The van der Waals surface area contributed by atoms with E-state index in [1.165, 1.54) is 7.11 Å². The predicted molar refractivity (Wildman–Crippen MR) is 90.1 cm³/mol. The molecule has 6 heteroatoms. The normalized spacial score (nSPS) is 15.5. The molecule has 0 spiro atoms. The van der Waals surface area contributed by atoms with Crippen LogP contribution in [0.25, 0.3) is 0 Å². The van der Waals surface area contributed by atoms with Crippen LogP contribution in [-0.4, -0.2) is 47.2 Å². The molecule has 1 aromatic heterocycles. The van der Waals surface area contributed by atoms with Crippen LogP contribution in [0.2, 0.25) is 0 Å². The lowest BCUT2D eigenvalue weighted by atomic mass is 9.84. The zero-order valence-electron chi connectivity index (χ0n) is 15.1. The van der Waals surface area contributed by atoms with Gasteiger partial charge in [-0.1, -0.05) is 6.42 Å². The molecule has 0 saturated heterocycles. The molecule has 0 radical (unpaired) electrons. The standard InChI is InChI=1S/C18H26N2O4/c1-6-20(17(22)13-8-7-9-13)12(4)16(21)14-10(2)15(18(23)24-5)19-11(14)3/h12-13,19H,6-9H2,1-5H3/t12-/m0/s1. The Bertz CT molecular complexity index is 658. The van der Waals surface area contributed by atoms with Gasteiger partial charge in [-0.2, -0.15) is 0 Å². The number of ether oxygens (including phenoxy) is 1. The third kappa shape index (κ3) is 3.09. The first-order chi connectivity index (χ1) is 11.3. The lowest BCUT2D eigenvalue weighted by Crippen LogP contribution is -2.47. The van der Waals surface area contributed by atoms with Crippen LogP contribution in [0.5, 0.6) is 0 Å². The SMILES string of the molecule is CCN(C(=O)C1CCC1)[C@@H](C)C(=O)c1c(C)[nH]c(C(=O)OC)c1C. The number of ketones is 1. The number of aryl methyl sites for hydroxylation is 1. The number of Topliss-reactive ketones (excluding diaryl/α,β-unsaturated/α-hetero) is 1. The van der Waals surface area contributed by atoms with E-state index in [9.17, 15) is 14.4 Å². The smallest absolute Gasteiger partial charge is 0.354 e. The summed E-state index contributed by atoms with van der Waals surface area (Å²) in [5.74, 6) is -0.533. The fraction of sp³-hybridized carbons (Fsp3) is 0.611. The van der Waals surface area contributed by atoms with Crippen molar-refractivity contribution >= 4 is 17.7 Å². The number of methoxy groups -OCH3 is 1. The minimum Gasteiger partial charge on any atom is -0.464 e. The van der Waals surface area contributed by atoms with E-state index in [1.54, 1.807) is 25.7 Å². The highest BCUT2D eigenvalue weighted by molar-refractivity contribution is 6.06. The van der Waals surface area contributed by atoms with Gasteiger partial charge in [-0.3, -0.25) is 9.59 Å². The molecule has 2 rings (SSSR count). The molecule has 1 saturated carbocycles. The largest absolute Gasteiger partial charge is 0.464 e. The van der Waals surface area contributed by atoms with E-state index in [2.05, 4.69) is 4.98 Å². The Balaban J connectivity index is 2.28. The van der Waals surface area contributed by atoms with Gasteiger partial charge in [0, 0.05) is 23.7 Å². The number of nitrogens with one attached hydrogen (secondary N) is 1. The van der Waals surface area contributed by atoms with E-state index >= 15 is 0 Å². The van der Waals surface area contributed by atoms with Crippen LogP contribution in [0, 0.1) is 19.8 Å². The van der Waals surface area contributed by atoms with Gasteiger partial charge in [0.15, 0.2) is 5.78 Å².